The van der Waals surface area contributed by atoms with Gasteiger partial charge in [0, 0.05) is 13.1 Å². The number of carbonyl (C=O) groups is 1. The van der Waals surface area contributed by atoms with E-state index in [2.05, 4.69) is 0 Å². The molecule has 0 saturated carbocycles. The van der Waals surface area contributed by atoms with Gasteiger partial charge >= 0.3 is 5.97 Å². The highest BCUT2D eigenvalue weighted by Gasteiger charge is 2.37. The maximum Gasteiger partial charge on any atom is 0.310 e. The van der Waals surface area contributed by atoms with Gasteiger partial charge in [0.1, 0.15) is 0 Å². The van der Waals surface area contributed by atoms with Gasteiger partial charge in [0.05, 0.1) is 16.9 Å². The van der Waals surface area contributed by atoms with Gasteiger partial charge in [0.25, 0.3) is 0 Å². The first-order valence-corrected chi connectivity index (χ1v) is 8.33. The van der Waals surface area contributed by atoms with Gasteiger partial charge < -0.3 is 10.0 Å². The smallest absolute Gasteiger partial charge is 0.310 e. The van der Waals surface area contributed by atoms with Gasteiger partial charge in [-0.05, 0) is 25.8 Å². The van der Waals surface area contributed by atoms with Crippen LogP contribution in [0.4, 0.5) is 0 Å². The third-order valence-corrected chi connectivity index (χ3v) is 5.70. The SMILES string of the molecule is CCC(CC)(CN1CCCS(=O)(=O)CC1)C(=O)O. The van der Waals surface area contributed by atoms with Gasteiger partial charge in [-0.1, -0.05) is 13.8 Å². The molecule has 0 bridgehead atoms. The summed E-state index contributed by atoms with van der Waals surface area (Å²) in [7, 11) is -2.93. The fourth-order valence-electron chi connectivity index (χ4n) is 2.42. The Morgan fingerprint density at radius 3 is 2.33 bits per heavy atom. The molecule has 0 unspecified atom stereocenters. The summed E-state index contributed by atoms with van der Waals surface area (Å²) in [6.45, 7) is 5.34. The molecule has 0 aromatic heterocycles. The molecule has 0 aromatic carbocycles. The number of hydrogen-bond acceptors (Lipinski definition) is 4. The van der Waals surface area contributed by atoms with Crippen LogP contribution < -0.4 is 0 Å². The zero-order chi connectivity index (χ0) is 13.8. The largest absolute Gasteiger partial charge is 0.481 e. The Morgan fingerprint density at radius 1 is 1.22 bits per heavy atom. The fraction of sp³-hybridized carbons (Fsp3) is 0.917. The number of carboxylic acid groups (broad SMARTS) is 1. The van der Waals surface area contributed by atoms with Crippen LogP contribution in [0.2, 0.25) is 0 Å². The van der Waals surface area contributed by atoms with Crippen LogP contribution in [0.3, 0.4) is 0 Å². The molecule has 1 saturated heterocycles. The van der Waals surface area contributed by atoms with Gasteiger partial charge in [0.2, 0.25) is 0 Å². The first kappa shape index (κ1) is 15.4. The Kier molecular flexibility index (Phi) is 5.16. The van der Waals surface area contributed by atoms with E-state index in [4.69, 9.17) is 0 Å². The third kappa shape index (κ3) is 3.68. The fourth-order valence-corrected chi connectivity index (χ4v) is 3.73. The van der Waals surface area contributed by atoms with E-state index < -0.39 is 21.2 Å². The van der Waals surface area contributed by atoms with Crippen molar-refractivity contribution in [2.24, 2.45) is 5.41 Å². The second kappa shape index (κ2) is 6.02. The standard InChI is InChI=1S/C12H23NO4S/c1-3-12(4-2,11(14)15)10-13-6-5-8-18(16,17)9-7-13/h3-10H2,1-2H3,(H,14,15). The lowest BCUT2D eigenvalue weighted by Gasteiger charge is -2.33. The highest BCUT2D eigenvalue weighted by molar-refractivity contribution is 7.91. The maximum atomic E-state index is 11.5. The summed E-state index contributed by atoms with van der Waals surface area (Å²) in [5, 5.41) is 9.38. The number of rotatable bonds is 5. The lowest BCUT2D eigenvalue weighted by Crippen LogP contribution is -2.43. The molecule has 0 radical (unpaired) electrons. The van der Waals surface area contributed by atoms with Crippen LogP contribution >= 0.6 is 0 Å². The summed E-state index contributed by atoms with van der Waals surface area (Å²) in [5.74, 6) is -0.405. The molecule has 0 atom stereocenters. The minimum absolute atomic E-state index is 0.149. The second-order valence-corrected chi connectivity index (χ2v) is 7.38. The zero-order valence-electron chi connectivity index (χ0n) is 11.2. The molecule has 106 valence electrons. The molecule has 1 heterocycles. The van der Waals surface area contributed by atoms with Gasteiger partial charge in [0.15, 0.2) is 9.84 Å². The molecule has 1 aliphatic heterocycles. The van der Waals surface area contributed by atoms with E-state index in [-0.39, 0.29) is 11.5 Å². The van der Waals surface area contributed by atoms with Crippen molar-refractivity contribution in [1.29, 1.82) is 0 Å². The van der Waals surface area contributed by atoms with Crippen molar-refractivity contribution in [2.45, 2.75) is 33.1 Å². The molecule has 1 aliphatic rings. The van der Waals surface area contributed by atoms with Crippen molar-refractivity contribution in [2.75, 3.05) is 31.1 Å². The molecule has 1 rings (SSSR count). The van der Waals surface area contributed by atoms with Crippen LogP contribution in [0.1, 0.15) is 33.1 Å². The van der Waals surface area contributed by atoms with Crippen LogP contribution in [0.15, 0.2) is 0 Å². The molecule has 0 aliphatic carbocycles. The average molecular weight is 277 g/mol. The summed E-state index contributed by atoms with van der Waals surface area (Å²) >= 11 is 0. The van der Waals surface area contributed by atoms with Crippen LogP contribution in [-0.4, -0.2) is 55.5 Å². The monoisotopic (exact) mass is 277 g/mol. The second-order valence-electron chi connectivity index (χ2n) is 5.07. The predicted octanol–water partition coefficient (Wildman–Crippen LogP) is 0.998. The molecule has 0 amide bonds. The van der Waals surface area contributed by atoms with Crippen molar-refractivity contribution in [3.8, 4) is 0 Å². The molecule has 6 heteroatoms. The average Bonchev–Trinajstić information content (AvgIpc) is 2.47. The molecule has 0 aromatic rings. The third-order valence-electron chi connectivity index (χ3n) is 3.98. The molecule has 0 spiro atoms. The summed E-state index contributed by atoms with van der Waals surface area (Å²) in [4.78, 5) is 13.4. The van der Waals surface area contributed by atoms with Gasteiger partial charge in [-0.25, -0.2) is 8.42 Å². The van der Waals surface area contributed by atoms with Crippen LogP contribution in [0.25, 0.3) is 0 Å². The predicted molar refractivity (Wildman–Crippen MR) is 70.4 cm³/mol. The molecule has 18 heavy (non-hydrogen) atoms. The highest BCUT2D eigenvalue weighted by Crippen LogP contribution is 2.28. The molecule has 1 N–H and O–H groups in total. The summed E-state index contributed by atoms with van der Waals surface area (Å²) in [5.41, 5.74) is -0.742. The van der Waals surface area contributed by atoms with E-state index in [0.29, 0.717) is 38.9 Å². The van der Waals surface area contributed by atoms with Gasteiger partial charge in [-0.2, -0.15) is 0 Å². The van der Waals surface area contributed by atoms with Gasteiger partial charge in [-0.15, -0.1) is 0 Å². The van der Waals surface area contributed by atoms with Crippen molar-refractivity contribution in [1.82, 2.24) is 4.90 Å². The number of aliphatic carboxylic acids is 1. The first-order chi connectivity index (χ1) is 8.35. The van der Waals surface area contributed by atoms with E-state index >= 15 is 0 Å². The number of sulfone groups is 1. The van der Waals surface area contributed by atoms with E-state index in [9.17, 15) is 18.3 Å². The summed E-state index contributed by atoms with van der Waals surface area (Å²) < 4.78 is 23.0. The van der Waals surface area contributed by atoms with Gasteiger partial charge in [-0.3, -0.25) is 4.79 Å². The lowest BCUT2D eigenvalue weighted by molar-refractivity contribution is -0.150. The Labute approximate surface area is 109 Å². The number of nitrogens with zero attached hydrogens (tertiary/aromatic N) is 1. The van der Waals surface area contributed by atoms with Crippen molar-refractivity contribution < 1.29 is 18.3 Å². The first-order valence-electron chi connectivity index (χ1n) is 6.51. The normalized spacial score (nSPS) is 21.4. The van der Waals surface area contributed by atoms with E-state index in [1.807, 2.05) is 18.7 Å². The van der Waals surface area contributed by atoms with Crippen molar-refractivity contribution >= 4 is 15.8 Å². The van der Waals surface area contributed by atoms with Crippen LogP contribution in [0, 0.1) is 5.41 Å². The van der Waals surface area contributed by atoms with E-state index in [1.54, 1.807) is 0 Å². The van der Waals surface area contributed by atoms with Crippen LogP contribution in [-0.2, 0) is 14.6 Å². The Morgan fingerprint density at radius 2 is 1.83 bits per heavy atom. The van der Waals surface area contributed by atoms with Crippen molar-refractivity contribution in [3.63, 3.8) is 0 Å². The molecular formula is C12H23NO4S. The summed E-state index contributed by atoms with van der Waals surface area (Å²) in [6.07, 6.45) is 1.75. The zero-order valence-corrected chi connectivity index (χ0v) is 12.0. The topological polar surface area (TPSA) is 74.7 Å². The minimum Gasteiger partial charge on any atom is -0.481 e. The Hall–Kier alpha value is -0.620. The lowest BCUT2D eigenvalue weighted by atomic mass is 9.82. The quantitative estimate of drug-likeness (QED) is 0.811. The Balaban J connectivity index is 2.73. The maximum absolute atomic E-state index is 11.5. The molecule has 1 fully saturated rings. The number of hydrogen-bond donors (Lipinski definition) is 1. The number of carboxylic acids is 1. The van der Waals surface area contributed by atoms with Crippen LogP contribution in [0.5, 0.6) is 0 Å². The molecule has 5 nitrogen and oxygen atoms in total. The molecular weight excluding hydrogens is 254 g/mol. The highest BCUT2D eigenvalue weighted by atomic mass is 32.2. The van der Waals surface area contributed by atoms with E-state index in [1.165, 1.54) is 0 Å². The van der Waals surface area contributed by atoms with Crippen molar-refractivity contribution in [3.05, 3.63) is 0 Å². The Bertz CT molecular complexity index is 387. The van der Waals surface area contributed by atoms with E-state index in [0.717, 1.165) is 0 Å². The minimum atomic E-state index is -2.93. The summed E-state index contributed by atoms with van der Waals surface area (Å²) in [6, 6.07) is 0.